The standard InChI is InChI=1S/C30H52O2/c1-19-20(31)9-10-21-27(19,5)12-11-22-28(21,6)14-16-30(8)23-17-25(2,3)24(32)18-26(23,4)13-15-29(22,30)7/h19-24,31-32H,9-18H2,1-8H3. The predicted octanol–water partition coefficient (Wildman–Crippen LogP) is 7.22. The van der Waals surface area contributed by atoms with Gasteiger partial charge in [-0.05, 0) is 120 Å². The van der Waals surface area contributed by atoms with Crippen molar-refractivity contribution in [2.24, 2.45) is 56.2 Å². The smallest absolute Gasteiger partial charge is 0.0596 e. The van der Waals surface area contributed by atoms with E-state index in [0.717, 1.165) is 30.6 Å². The number of fused-ring (bicyclic) bond motifs is 7. The van der Waals surface area contributed by atoms with Crippen LogP contribution in [0.1, 0.15) is 120 Å². The molecule has 32 heavy (non-hydrogen) atoms. The van der Waals surface area contributed by atoms with Gasteiger partial charge in [0.15, 0.2) is 0 Å². The van der Waals surface area contributed by atoms with E-state index in [9.17, 15) is 10.2 Å². The molecule has 11 unspecified atom stereocenters. The van der Waals surface area contributed by atoms with Crippen LogP contribution in [0.15, 0.2) is 0 Å². The highest BCUT2D eigenvalue weighted by Crippen LogP contribution is 2.78. The normalized spacial score (nSPS) is 61.7. The Labute approximate surface area is 198 Å². The molecule has 0 aromatic rings. The molecule has 0 amide bonds. The topological polar surface area (TPSA) is 40.5 Å². The number of aliphatic hydroxyl groups excluding tert-OH is 2. The minimum Gasteiger partial charge on any atom is -0.393 e. The van der Waals surface area contributed by atoms with Crippen LogP contribution in [0.3, 0.4) is 0 Å². The number of rotatable bonds is 0. The average molecular weight is 445 g/mol. The average Bonchev–Trinajstić information content (AvgIpc) is 2.70. The highest BCUT2D eigenvalue weighted by Gasteiger charge is 2.71. The second-order valence-corrected chi connectivity index (χ2v) is 15.5. The maximum Gasteiger partial charge on any atom is 0.0596 e. The van der Waals surface area contributed by atoms with E-state index in [0.29, 0.717) is 33.0 Å². The molecule has 5 fully saturated rings. The lowest BCUT2D eigenvalue weighted by molar-refractivity contribution is -0.269. The van der Waals surface area contributed by atoms with Crippen molar-refractivity contribution in [2.45, 2.75) is 132 Å². The van der Waals surface area contributed by atoms with Gasteiger partial charge < -0.3 is 10.2 Å². The molecule has 0 aromatic carbocycles. The molecular weight excluding hydrogens is 392 g/mol. The molecule has 2 N–H and O–H groups in total. The van der Waals surface area contributed by atoms with Gasteiger partial charge in [-0.2, -0.15) is 0 Å². The van der Waals surface area contributed by atoms with E-state index in [2.05, 4.69) is 55.4 Å². The van der Waals surface area contributed by atoms with E-state index >= 15 is 0 Å². The van der Waals surface area contributed by atoms with Crippen LogP contribution in [0.5, 0.6) is 0 Å². The van der Waals surface area contributed by atoms with Crippen molar-refractivity contribution in [3.05, 3.63) is 0 Å². The predicted molar refractivity (Wildman–Crippen MR) is 132 cm³/mol. The monoisotopic (exact) mass is 444 g/mol. The second-order valence-electron chi connectivity index (χ2n) is 15.5. The zero-order valence-electron chi connectivity index (χ0n) is 22.4. The van der Waals surface area contributed by atoms with Gasteiger partial charge in [0.25, 0.3) is 0 Å². The van der Waals surface area contributed by atoms with Crippen molar-refractivity contribution < 1.29 is 10.2 Å². The summed E-state index contributed by atoms with van der Waals surface area (Å²) >= 11 is 0. The van der Waals surface area contributed by atoms with Gasteiger partial charge in [-0.1, -0.05) is 55.4 Å². The zero-order chi connectivity index (χ0) is 23.5. The first kappa shape index (κ1) is 23.7. The lowest BCUT2D eigenvalue weighted by atomic mass is 9.30. The fraction of sp³-hybridized carbons (Fsp3) is 1.00. The Morgan fingerprint density at radius 1 is 0.594 bits per heavy atom. The van der Waals surface area contributed by atoms with Crippen LogP contribution < -0.4 is 0 Å². The van der Waals surface area contributed by atoms with Gasteiger partial charge >= 0.3 is 0 Å². The molecule has 11 atom stereocenters. The molecule has 0 saturated heterocycles. The Kier molecular flexibility index (Phi) is 5.01. The third-order valence-electron chi connectivity index (χ3n) is 14.1. The lowest BCUT2D eigenvalue weighted by Crippen LogP contribution is -2.68. The van der Waals surface area contributed by atoms with Crippen LogP contribution in [0.25, 0.3) is 0 Å². The highest BCUT2D eigenvalue weighted by molar-refractivity contribution is 5.20. The van der Waals surface area contributed by atoms with Crippen LogP contribution in [0, 0.1) is 56.2 Å². The SMILES string of the molecule is CC1C(O)CCC2C1(C)CCC1C2(C)CCC2(C)C3CC(C)(C)C(O)CC3(C)CCC12C. The fourth-order valence-electron chi connectivity index (χ4n) is 11.4. The van der Waals surface area contributed by atoms with Gasteiger partial charge in [-0.25, -0.2) is 0 Å². The van der Waals surface area contributed by atoms with Crippen LogP contribution in [0.2, 0.25) is 0 Å². The maximum absolute atomic E-state index is 11.0. The first-order valence-corrected chi connectivity index (χ1v) is 14.0. The van der Waals surface area contributed by atoms with Crippen LogP contribution >= 0.6 is 0 Å². The van der Waals surface area contributed by atoms with Gasteiger partial charge in [0.1, 0.15) is 0 Å². The summed E-state index contributed by atoms with van der Waals surface area (Å²) in [6.07, 6.45) is 12.1. The Morgan fingerprint density at radius 3 is 1.91 bits per heavy atom. The Morgan fingerprint density at radius 2 is 1.22 bits per heavy atom. The van der Waals surface area contributed by atoms with Crippen LogP contribution in [-0.2, 0) is 0 Å². The molecule has 5 rings (SSSR count). The molecule has 0 aromatic heterocycles. The van der Waals surface area contributed by atoms with Crippen LogP contribution in [-0.4, -0.2) is 22.4 Å². The minimum absolute atomic E-state index is 0.0340. The summed E-state index contributed by atoms with van der Waals surface area (Å²) in [5.41, 5.74) is 1.80. The minimum atomic E-state index is -0.156. The Hall–Kier alpha value is -0.0800. The highest BCUT2D eigenvalue weighted by atomic mass is 16.3. The van der Waals surface area contributed by atoms with Gasteiger partial charge in [0.2, 0.25) is 0 Å². The quantitative estimate of drug-likeness (QED) is 0.414. The maximum atomic E-state index is 11.0. The molecule has 0 bridgehead atoms. The van der Waals surface area contributed by atoms with Crippen molar-refractivity contribution in [3.8, 4) is 0 Å². The molecule has 5 aliphatic rings. The summed E-state index contributed by atoms with van der Waals surface area (Å²) in [6, 6.07) is 0. The fourth-order valence-corrected chi connectivity index (χ4v) is 11.4. The Balaban J connectivity index is 1.54. The first-order chi connectivity index (χ1) is 14.6. The molecule has 0 heterocycles. The second kappa shape index (κ2) is 6.77. The van der Waals surface area contributed by atoms with Crippen molar-refractivity contribution in [1.29, 1.82) is 0 Å². The third-order valence-corrected chi connectivity index (χ3v) is 14.1. The van der Waals surface area contributed by atoms with E-state index in [1.807, 2.05) is 0 Å². The third kappa shape index (κ3) is 2.72. The van der Waals surface area contributed by atoms with Gasteiger partial charge in [-0.3, -0.25) is 0 Å². The molecule has 5 aliphatic carbocycles. The number of hydrogen-bond donors (Lipinski definition) is 2. The van der Waals surface area contributed by atoms with Crippen molar-refractivity contribution >= 4 is 0 Å². The van der Waals surface area contributed by atoms with Crippen molar-refractivity contribution in [2.75, 3.05) is 0 Å². The van der Waals surface area contributed by atoms with Gasteiger partial charge in [0.05, 0.1) is 12.2 Å². The first-order valence-electron chi connectivity index (χ1n) is 14.0. The van der Waals surface area contributed by atoms with E-state index in [1.54, 1.807) is 0 Å². The molecule has 0 spiro atoms. The largest absolute Gasteiger partial charge is 0.393 e. The van der Waals surface area contributed by atoms with Crippen molar-refractivity contribution in [1.82, 2.24) is 0 Å². The van der Waals surface area contributed by atoms with Gasteiger partial charge in [0, 0.05) is 0 Å². The van der Waals surface area contributed by atoms with E-state index in [1.165, 1.54) is 51.4 Å². The molecule has 2 nitrogen and oxygen atoms in total. The van der Waals surface area contributed by atoms with Gasteiger partial charge in [-0.15, -0.1) is 0 Å². The summed E-state index contributed by atoms with van der Waals surface area (Å²) in [4.78, 5) is 0. The van der Waals surface area contributed by atoms with Crippen molar-refractivity contribution in [3.63, 3.8) is 0 Å². The summed E-state index contributed by atoms with van der Waals surface area (Å²) in [5, 5.41) is 21.7. The molecule has 5 saturated carbocycles. The molecule has 0 aliphatic heterocycles. The molecular formula is C30H52O2. The summed E-state index contributed by atoms with van der Waals surface area (Å²) in [7, 11) is 0. The Bertz CT molecular complexity index is 775. The number of hydrogen-bond acceptors (Lipinski definition) is 2. The van der Waals surface area contributed by atoms with Crippen LogP contribution in [0.4, 0.5) is 0 Å². The molecule has 0 radical (unpaired) electrons. The van der Waals surface area contributed by atoms with E-state index < -0.39 is 0 Å². The van der Waals surface area contributed by atoms with E-state index in [-0.39, 0.29) is 17.6 Å². The van der Waals surface area contributed by atoms with E-state index in [4.69, 9.17) is 0 Å². The summed E-state index contributed by atoms with van der Waals surface area (Å²) < 4.78 is 0. The zero-order valence-corrected chi connectivity index (χ0v) is 22.4. The molecule has 2 heteroatoms. The summed E-state index contributed by atoms with van der Waals surface area (Å²) in [5.74, 6) is 2.70. The molecule has 184 valence electrons. The summed E-state index contributed by atoms with van der Waals surface area (Å²) in [6.45, 7) is 20.1. The lowest BCUT2D eigenvalue weighted by Gasteiger charge is -2.75. The number of aliphatic hydroxyl groups is 2.